The molecular weight excluding hydrogens is 279 g/mol. The monoisotopic (exact) mass is 286 g/mol. The molecule has 17 heavy (non-hydrogen) atoms. The highest BCUT2D eigenvalue weighted by Crippen LogP contribution is 2.30. The summed E-state index contributed by atoms with van der Waals surface area (Å²) < 4.78 is 5.11. The lowest BCUT2D eigenvalue weighted by Crippen LogP contribution is -2.01. The van der Waals surface area contributed by atoms with Crippen molar-refractivity contribution < 1.29 is 9.53 Å². The molecule has 0 unspecified atom stereocenters. The quantitative estimate of drug-likeness (QED) is 0.787. The Kier molecular flexibility index (Phi) is 3.72. The molecule has 1 heterocycles. The molecule has 0 aliphatic carbocycles. The molecule has 0 fully saturated rings. The van der Waals surface area contributed by atoms with Crippen LogP contribution in [0.25, 0.3) is 0 Å². The minimum absolute atomic E-state index is 0.154. The number of rotatable bonds is 3. The van der Waals surface area contributed by atoms with Crippen LogP contribution >= 0.6 is 34.5 Å². The zero-order valence-electron chi connectivity index (χ0n) is 8.87. The topological polar surface area (TPSA) is 26.3 Å². The summed E-state index contributed by atoms with van der Waals surface area (Å²) in [5, 5.41) is 2.65. The van der Waals surface area contributed by atoms with E-state index in [-0.39, 0.29) is 5.78 Å². The molecule has 1 aromatic carbocycles. The van der Waals surface area contributed by atoms with Gasteiger partial charge in [-0.3, -0.25) is 4.79 Å². The van der Waals surface area contributed by atoms with Gasteiger partial charge in [-0.1, -0.05) is 23.2 Å². The van der Waals surface area contributed by atoms with Crippen molar-refractivity contribution in [1.82, 2.24) is 0 Å². The molecule has 0 radical (unpaired) electrons. The molecule has 88 valence electrons. The summed E-state index contributed by atoms with van der Waals surface area (Å²) in [4.78, 5) is 12.8. The largest absolute Gasteiger partial charge is 0.495 e. The highest BCUT2D eigenvalue weighted by atomic mass is 35.5. The third-order valence-electron chi connectivity index (χ3n) is 2.23. The number of benzene rings is 1. The van der Waals surface area contributed by atoms with Gasteiger partial charge in [0.1, 0.15) is 10.6 Å². The van der Waals surface area contributed by atoms with Crippen molar-refractivity contribution in [3.8, 4) is 5.75 Å². The second-order valence-corrected chi connectivity index (χ2v) is 5.03. The van der Waals surface area contributed by atoms with Crippen LogP contribution in [-0.2, 0) is 0 Å². The van der Waals surface area contributed by atoms with Crippen LogP contribution < -0.4 is 4.74 Å². The predicted molar refractivity (Wildman–Crippen MR) is 70.8 cm³/mol. The Morgan fingerprint density at radius 3 is 2.71 bits per heavy atom. The molecule has 0 amide bonds. The molecule has 0 saturated heterocycles. The van der Waals surface area contributed by atoms with Gasteiger partial charge in [0.15, 0.2) is 0 Å². The number of ketones is 1. The summed E-state index contributed by atoms with van der Waals surface area (Å²) in [6, 6.07) is 6.56. The van der Waals surface area contributed by atoms with E-state index in [9.17, 15) is 4.79 Å². The maximum Gasteiger partial charge on any atom is 0.208 e. The number of carbonyl (C=O) groups excluding carboxylic acids is 1. The second-order valence-electron chi connectivity index (χ2n) is 3.27. The highest BCUT2D eigenvalue weighted by molar-refractivity contribution is 7.12. The molecule has 2 aromatic rings. The Bertz CT molecular complexity index is 563. The molecule has 0 atom stereocenters. The van der Waals surface area contributed by atoms with Gasteiger partial charge in [0.2, 0.25) is 5.78 Å². The van der Waals surface area contributed by atoms with Crippen LogP contribution in [0.3, 0.4) is 0 Å². The van der Waals surface area contributed by atoms with Gasteiger partial charge in [0.05, 0.1) is 12.1 Å². The third-order valence-corrected chi connectivity index (χ3v) is 3.67. The fraction of sp³-hybridized carbons (Fsp3) is 0.0833. The van der Waals surface area contributed by atoms with E-state index >= 15 is 0 Å². The number of hydrogen-bond donors (Lipinski definition) is 0. The average Bonchev–Trinajstić information content (AvgIpc) is 2.76. The van der Waals surface area contributed by atoms with E-state index in [1.165, 1.54) is 18.4 Å². The third kappa shape index (κ3) is 2.46. The SMILES string of the molecule is COc1ccsc1C(=O)c1ccc(Cl)cc1Cl. The normalized spacial score (nSPS) is 10.3. The number of ether oxygens (including phenoxy) is 1. The van der Waals surface area contributed by atoms with E-state index in [1.54, 1.807) is 29.6 Å². The van der Waals surface area contributed by atoms with Gasteiger partial charge in [0, 0.05) is 10.6 Å². The van der Waals surface area contributed by atoms with Gasteiger partial charge < -0.3 is 4.74 Å². The summed E-state index contributed by atoms with van der Waals surface area (Å²) in [5.41, 5.74) is 0.428. The lowest BCUT2D eigenvalue weighted by atomic mass is 10.1. The first-order valence-corrected chi connectivity index (χ1v) is 6.38. The number of hydrogen-bond acceptors (Lipinski definition) is 3. The van der Waals surface area contributed by atoms with Crippen LogP contribution in [0, 0.1) is 0 Å². The average molecular weight is 287 g/mol. The Balaban J connectivity index is 2.44. The lowest BCUT2D eigenvalue weighted by Gasteiger charge is -2.04. The fourth-order valence-electron chi connectivity index (χ4n) is 1.42. The maximum absolute atomic E-state index is 12.2. The Morgan fingerprint density at radius 1 is 1.29 bits per heavy atom. The summed E-state index contributed by atoms with van der Waals surface area (Å²) >= 11 is 13.1. The van der Waals surface area contributed by atoms with Crippen LogP contribution in [-0.4, -0.2) is 12.9 Å². The molecule has 2 rings (SSSR count). The van der Waals surface area contributed by atoms with E-state index in [1.807, 2.05) is 0 Å². The lowest BCUT2D eigenvalue weighted by molar-refractivity contribution is 0.104. The number of thiophene rings is 1. The zero-order chi connectivity index (χ0) is 12.4. The predicted octanol–water partition coefficient (Wildman–Crippen LogP) is 4.29. The van der Waals surface area contributed by atoms with Crippen LogP contribution in [0.1, 0.15) is 15.2 Å². The van der Waals surface area contributed by atoms with Crippen LogP contribution in [0.2, 0.25) is 10.0 Å². The molecule has 5 heteroatoms. The molecule has 0 aliphatic rings. The number of methoxy groups -OCH3 is 1. The van der Waals surface area contributed by atoms with Crippen molar-refractivity contribution in [2.24, 2.45) is 0 Å². The van der Waals surface area contributed by atoms with E-state index < -0.39 is 0 Å². The Labute approximate surface area is 113 Å². The molecule has 0 N–H and O–H groups in total. The van der Waals surface area contributed by atoms with E-state index in [0.717, 1.165) is 0 Å². The first kappa shape index (κ1) is 12.4. The van der Waals surface area contributed by atoms with Crippen molar-refractivity contribution in [2.75, 3.05) is 7.11 Å². The minimum atomic E-state index is -0.154. The molecule has 0 aliphatic heterocycles. The second kappa shape index (κ2) is 5.08. The zero-order valence-corrected chi connectivity index (χ0v) is 11.2. The summed E-state index contributed by atoms with van der Waals surface area (Å²) in [5.74, 6) is 0.407. The number of halogens is 2. The van der Waals surface area contributed by atoms with Gasteiger partial charge in [-0.25, -0.2) is 0 Å². The molecule has 2 nitrogen and oxygen atoms in total. The molecular formula is C12H8Cl2O2S. The highest BCUT2D eigenvalue weighted by Gasteiger charge is 2.18. The van der Waals surface area contributed by atoms with Crippen LogP contribution in [0.15, 0.2) is 29.6 Å². The molecule has 1 aromatic heterocycles. The maximum atomic E-state index is 12.2. The summed E-state index contributed by atoms with van der Waals surface area (Å²) in [6.07, 6.45) is 0. The number of carbonyl (C=O) groups is 1. The molecule has 0 bridgehead atoms. The summed E-state index contributed by atoms with van der Waals surface area (Å²) in [7, 11) is 1.53. The van der Waals surface area contributed by atoms with E-state index in [2.05, 4.69) is 0 Å². The molecule has 0 spiro atoms. The van der Waals surface area contributed by atoms with Crippen molar-refractivity contribution in [1.29, 1.82) is 0 Å². The van der Waals surface area contributed by atoms with E-state index in [4.69, 9.17) is 27.9 Å². The molecule has 0 saturated carbocycles. The van der Waals surface area contributed by atoms with Gasteiger partial charge >= 0.3 is 0 Å². The first-order chi connectivity index (χ1) is 8.13. The van der Waals surface area contributed by atoms with Gasteiger partial charge in [-0.15, -0.1) is 11.3 Å². The van der Waals surface area contributed by atoms with Gasteiger partial charge in [-0.05, 0) is 29.6 Å². The van der Waals surface area contributed by atoms with Crippen molar-refractivity contribution >= 4 is 40.3 Å². The van der Waals surface area contributed by atoms with Crippen molar-refractivity contribution in [3.05, 3.63) is 50.1 Å². The first-order valence-electron chi connectivity index (χ1n) is 4.74. The van der Waals surface area contributed by atoms with Crippen LogP contribution in [0.5, 0.6) is 5.75 Å². The van der Waals surface area contributed by atoms with Crippen molar-refractivity contribution in [2.45, 2.75) is 0 Å². The van der Waals surface area contributed by atoms with E-state index in [0.29, 0.717) is 26.2 Å². The van der Waals surface area contributed by atoms with Gasteiger partial charge in [0.25, 0.3) is 0 Å². The fourth-order valence-corrected chi connectivity index (χ4v) is 2.73. The van der Waals surface area contributed by atoms with Crippen LogP contribution in [0.4, 0.5) is 0 Å². The Morgan fingerprint density at radius 2 is 2.06 bits per heavy atom. The standard InChI is InChI=1S/C12H8Cl2O2S/c1-16-10-4-5-17-12(10)11(15)8-3-2-7(13)6-9(8)14/h2-6H,1H3. The van der Waals surface area contributed by atoms with Crippen molar-refractivity contribution in [3.63, 3.8) is 0 Å². The smallest absolute Gasteiger partial charge is 0.208 e. The summed E-state index contributed by atoms with van der Waals surface area (Å²) in [6.45, 7) is 0. The Hall–Kier alpha value is -1.03. The minimum Gasteiger partial charge on any atom is -0.495 e. The van der Waals surface area contributed by atoms with Gasteiger partial charge in [-0.2, -0.15) is 0 Å².